The van der Waals surface area contributed by atoms with Crippen molar-refractivity contribution >= 4 is 15.7 Å². The molecule has 0 saturated carbocycles. The summed E-state index contributed by atoms with van der Waals surface area (Å²) in [5.74, 6) is -0.247. The van der Waals surface area contributed by atoms with Crippen LogP contribution in [0.4, 0.5) is 4.39 Å². The minimum absolute atomic E-state index is 0.0294. The molecule has 1 aromatic carbocycles. The molecule has 1 aliphatic rings. The Balaban J connectivity index is 1.52. The average molecular weight is 466 g/mol. The molecule has 174 valence electrons. The number of nitrogens with zero attached hydrogens (tertiary/aromatic N) is 3. The lowest BCUT2D eigenvalue weighted by molar-refractivity contribution is -0.133. The molecular weight excluding hydrogens is 437 g/mol. The van der Waals surface area contributed by atoms with Crippen LogP contribution in [0.2, 0.25) is 0 Å². The van der Waals surface area contributed by atoms with E-state index in [0.29, 0.717) is 31.1 Å². The predicted molar refractivity (Wildman–Crippen MR) is 116 cm³/mol. The number of benzene rings is 1. The van der Waals surface area contributed by atoms with E-state index < -0.39 is 15.7 Å². The van der Waals surface area contributed by atoms with Gasteiger partial charge in [-0.3, -0.25) is 4.79 Å². The van der Waals surface area contributed by atoms with Gasteiger partial charge in [0.1, 0.15) is 19.0 Å². The predicted octanol–water partition coefficient (Wildman–Crippen LogP) is 3.16. The zero-order chi connectivity index (χ0) is 23.1. The summed E-state index contributed by atoms with van der Waals surface area (Å²) < 4.78 is 48.6. The van der Waals surface area contributed by atoms with Crippen LogP contribution in [0.15, 0.2) is 35.5 Å². The van der Waals surface area contributed by atoms with Crippen molar-refractivity contribution in [2.75, 3.05) is 19.3 Å². The van der Waals surface area contributed by atoms with Crippen molar-refractivity contribution in [1.29, 1.82) is 0 Å². The van der Waals surface area contributed by atoms with Crippen molar-refractivity contribution in [2.45, 2.75) is 56.6 Å². The Bertz CT molecular complexity index is 1040. The van der Waals surface area contributed by atoms with Gasteiger partial charge in [-0.25, -0.2) is 22.8 Å². The quantitative estimate of drug-likeness (QED) is 0.561. The van der Waals surface area contributed by atoms with E-state index >= 15 is 0 Å². The van der Waals surface area contributed by atoms with Crippen LogP contribution < -0.4 is 9.47 Å². The summed E-state index contributed by atoms with van der Waals surface area (Å²) in [5.41, 5.74) is 0.494. The molecule has 0 N–H and O–H groups in total. The monoisotopic (exact) mass is 465 g/mol. The SMILES string of the molecule is CCCCC(=O)N1CCC(Oc2cc(COc3ccc(S(C)(=O)=O)cc3F)ncn2)CC1. The van der Waals surface area contributed by atoms with E-state index in [-0.39, 0.29) is 29.3 Å². The van der Waals surface area contributed by atoms with Crippen molar-refractivity contribution in [2.24, 2.45) is 0 Å². The van der Waals surface area contributed by atoms with Crippen molar-refractivity contribution in [3.63, 3.8) is 0 Å². The number of ether oxygens (including phenoxy) is 2. The molecule has 0 aliphatic carbocycles. The van der Waals surface area contributed by atoms with E-state index in [9.17, 15) is 17.6 Å². The fourth-order valence-corrected chi connectivity index (χ4v) is 4.01. The number of carbonyl (C=O) groups excluding carboxylic acids is 1. The first-order chi connectivity index (χ1) is 15.3. The summed E-state index contributed by atoms with van der Waals surface area (Å²) in [6.07, 6.45) is 6.27. The molecule has 1 fully saturated rings. The number of aromatic nitrogens is 2. The minimum atomic E-state index is -3.50. The molecular formula is C22H28FN3O5S. The van der Waals surface area contributed by atoms with E-state index in [0.717, 1.165) is 38.0 Å². The Morgan fingerprint density at radius 1 is 1.22 bits per heavy atom. The van der Waals surface area contributed by atoms with Gasteiger partial charge in [0.15, 0.2) is 21.4 Å². The summed E-state index contributed by atoms with van der Waals surface area (Å²) in [6, 6.07) is 5.13. The maximum absolute atomic E-state index is 14.2. The molecule has 8 nitrogen and oxygen atoms in total. The highest BCUT2D eigenvalue weighted by Gasteiger charge is 2.24. The van der Waals surface area contributed by atoms with E-state index in [1.807, 2.05) is 4.90 Å². The number of likely N-dealkylation sites (tertiary alicyclic amines) is 1. The minimum Gasteiger partial charge on any atom is -0.484 e. The van der Waals surface area contributed by atoms with Crippen LogP contribution in [0.3, 0.4) is 0 Å². The Hall–Kier alpha value is -2.75. The number of amides is 1. The Morgan fingerprint density at radius 3 is 2.62 bits per heavy atom. The number of halogens is 1. The molecule has 0 radical (unpaired) electrons. The fourth-order valence-electron chi connectivity index (χ4n) is 3.38. The van der Waals surface area contributed by atoms with Crippen LogP contribution in [-0.2, 0) is 21.2 Å². The number of unbranched alkanes of at least 4 members (excludes halogenated alkanes) is 1. The molecule has 32 heavy (non-hydrogen) atoms. The maximum atomic E-state index is 14.2. The van der Waals surface area contributed by atoms with Gasteiger partial charge in [-0.15, -0.1) is 0 Å². The first-order valence-electron chi connectivity index (χ1n) is 10.6. The lowest BCUT2D eigenvalue weighted by atomic mass is 10.1. The molecule has 1 saturated heterocycles. The summed E-state index contributed by atoms with van der Waals surface area (Å²) in [4.78, 5) is 22.2. The number of rotatable bonds is 9. The highest BCUT2D eigenvalue weighted by Crippen LogP contribution is 2.23. The lowest BCUT2D eigenvalue weighted by Crippen LogP contribution is -2.41. The third-order valence-corrected chi connectivity index (χ3v) is 6.34. The van der Waals surface area contributed by atoms with Gasteiger partial charge in [-0.05, 0) is 24.6 Å². The van der Waals surface area contributed by atoms with Gasteiger partial charge in [0.05, 0.1) is 10.6 Å². The number of sulfone groups is 1. The maximum Gasteiger partial charge on any atom is 0.222 e. The van der Waals surface area contributed by atoms with E-state index in [1.165, 1.54) is 18.5 Å². The Morgan fingerprint density at radius 2 is 1.97 bits per heavy atom. The number of piperidine rings is 1. The molecule has 0 bridgehead atoms. The van der Waals surface area contributed by atoms with Gasteiger partial charge in [-0.2, -0.15) is 0 Å². The number of hydrogen-bond donors (Lipinski definition) is 0. The fraction of sp³-hybridized carbons (Fsp3) is 0.500. The molecule has 0 unspecified atom stereocenters. The van der Waals surface area contributed by atoms with Crippen LogP contribution >= 0.6 is 0 Å². The molecule has 2 aromatic rings. The molecule has 3 rings (SSSR count). The van der Waals surface area contributed by atoms with Crippen LogP contribution in [-0.4, -0.2) is 54.6 Å². The van der Waals surface area contributed by atoms with Crippen LogP contribution in [0, 0.1) is 5.82 Å². The third kappa shape index (κ3) is 6.62. The van der Waals surface area contributed by atoms with Gasteiger partial charge in [0.25, 0.3) is 0 Å². The van der Waals surface area contributed by atoms with Gasteiger partial charge < -0.3 is 14.4 Å². The Kier molecular flexibility index (Phi) is 8.00. The molecule has 0 spiro atoms. The first kappa shape index (κ1) is 23.9. The second kappa shape index (κ2) is 10.7. The number of carbonyl (C=O) groups is 1. The molecule has 1 aliphatic heterocycles. The van der Waals surface area contributed by atoms with Gasteiger partial charge in [0.2, 0.25) is 11.8 Å². The first-order valence-corrected chi connectivity index (χ1v) is 12.5. The summed E-state index contributed by atoms with van der Waals surface area (Å²) >= 11 is 0. The van der Waals surface area contributed by atoms with Crippen LogP contribution in [0.1, 0.15) is 44.7 Å². The van der Waals surface area contributed by atoms with E-state index in [4.69, 9.17) is 9.47 Å². The van der Waals surface area contributed by atoms with Gasteiger partial charge >= 0.3 is 0 Å². The van der Waals surface area contributed by atoms with Crippen LogP contribution in [0.5, 0.6) is 11.6 Å². The second-order valence-corrected chi connectivity index (χ2v) is 9.82. The number of hydrogen-bond acceptors (Lipinski definition) is 7. The van der Waals surface area contributed by atoms with Gasteiger partial charge in [0, 0.05) is 44.7 Å². The molecule has 10 heteroatoms. The smallest absolute Gasteiger partial charge is 0.222 e. The van der Waals surface area contributed by atoms with Gasteiger partial charge in [-0.1, -0.05) is 13.3 Å². The zero-order valence-electron chi connectivity index (χ0n) is 18.3. The highest BCUT2D eigenvalue weighted by atomic mass is 32.2. The van der Waals surface area contributed by atoms with Crippen molar-refractivity contribution in [1.82, 2.24) is 14.9 Å². The second-order valence-electron chi connectivity index (χ2n) is 7.80. The average Bonchev–Trinajstić information content (AvgIpc) is 2.76. The summed E-state index contributed by atoms with van der Waals surface area (Å²) in [7, 11) is -3.50. The summed E-state index contributed by atoms with van der Waals surface area (Å²) in [6.45, 7) is 3.37. The molecule has 2 heterocycles. The lowest BCUT2D eigenvalue weighted by Gasteiger charge is -2.32. The zero-order valence-corrected chi connectivity index (χ0v) is 19.1. The van der Waals surface area contributed by atoms with Crippen molar-refractivity contribution in [3.05, 3.63) is 42.1 Å². The molecule has 1 aromatic heterocycles. The van der Waals surface area contributed by atoms with E-state index in [2.05, 4.69) is 16.9 Å². The normalized spacial score (nSPS) is 14.9. The topological polar surface area (TPSA) is 98.7 Å². The highest BCUT2D eigenvalue weighted by molar-refractivity contribution is 7.90. The molecule has 1 amide bonds. The van der Waals surface area contributed by atoms with E-state index in [1.54, 1.807) is 6.07 Å². The van der Waals surface area contributed by atoms with Crippen molar-refractivity contribution < 1.29 is 27.1 Å². The van der Waals surface area contributed by atoms with Crippen LogP contribution in [0.25, 0.3) is 0 Å². The Labute approximate surface area is 187 Å². The largest absolute Gasteiger partial charge is 0.484 e. The van der Waals surface area contributed by atoms with Crippen molar-refractivity contribution in [3.8, 4) is 11.6 Å². The summed E-state index contributed by atoms with van der Waals surface area (Å²) in [5, 5.41) is 0. The molecule has 0 atom stereocenters. The third-order valence-electron chi connectivity index (χ3n) is 5.23. The standard InChI is InChI=1S/C22H28FN3O5S/c1-3-4-5-22(27)26-10-8-17(9-11-26)31-21-12-16(24-15-25-21)14-30-20-7-6-18(13-19(20)23)32(2,28)29/h6-7,12-13,15,17H,3-5,8-11,14H2,1-2H3.